The van der Waals surface area contributed by atoms with Gasteiger partial charge in [0, 0.05) is 69.7 Å². The van der Waals surface area contributed by atoms with Crippen molar-refractivity contribution in [2.24, 2.45) is 13.0 Å². The smallest absolute Gasteiger partial charge is 0.158 e. The standard InChI is InChI=1S/C34H51F2N7/c1-7-37-24(2)11-17-40(5)34-28-22-29(35)31(32(36)33(28)41(6)38-34)27-14-18-42(19-15-27)23-26-12-20-43(21-13-26)25(3)30-10-8-9-16-39(30)4/h7,22,26-27,30,37H,1-3,8-21,23H2,4-6H3. The molecule has 236 valence electrons. The first-order valence-electron chi connectivity index (χ1n) is 16.1. The van der Waals surface area contributed by atoms with Gasteiger partial charge in [-0.25, -0.2) is 8.78 Å². The minimum absolute atomic E-state index is 0.123. The van der Waals surface area contributed by atoms with Crippen molar-refractivity contribution in [3.63, 3.8) is 0 Å². The van der Waals surface area contributed by atoms with Crippen molar-refractivity contribution < 1.29 is 8.78 Å². The van der Waals surface area contributed by atoms with Crippen LogP contribution in [0.25, 0.3) is 10.9 Å². The zero-order valence-electron chi connectivity index (χ0n) is 26.6. The third kappa shape index (κ3) is 6.93. The molecule has 3 aliphatic rings. The first-order chi connectivity index (χ1) is 20.7. The molecule has 4 heterocycles. The van der Waals surface area contributed by atoms with Gasteiger partial charge in [-0.15, -0.1) is 0 Å². The maximum absolute atomic E-state index is 16.0. The van der Waals surface area contributed by atoms with Crippen LogP contribution in [0, 0.1) is 17.6 Å². The molecule has 0 spiro atoms. The van der Waals surface area contributed by atoms with E-state index < -0.39 is 11.6 Å². The number of nitrogens with one attached hydrogen (secondary N) is 1. The molecule has 3 aliphatic heterocycles. The Kier molecular flexibility index (Phi) is 10.1. The van der Waals surface area contributed by atoms with E-state index in [0.29, 0.717) is 41.6 Å². The molecule has 0 radical (unpaired) electrons. The fraction of sp³-hybridized carbons (Fsp3) is 0.618. The van der Waals surface area contributed by atoms with Crippen LogP contribution in [0.1, 0.15) is 62.8 Å². The monoisotopic (exact) mass is 595 g/mol. The lowest BCUT2D eigenvalue weighted by Gasteiger charge is -2.43. The second kappa shape index (κ2) is 13.8. The number of benzene rings is 1. The summed E-state index contributed by atoms with van der Waals surface area (Å²) >= 11 is 0. The Morgan fingerprint density at radius 2 is 1.77 bits per heavy atom. The lowest BCUT2D eigenvalue weighted by atomic mass is 9.87. The number of halogens is 2. The third-order valence-corrected chi connectivity index (χ3v) is 10.1. The van der Waals surface area contributed by atoms with Crippen molar-refractivity contribution >= 4 is 16.7 Å². The number of likely N-dealkylation sites (N-methyl/N-ethyl adjacent to an activating group) is 1. The number of anilines is 1. The highest BCUT2D eigenvalue weighted by Gasteiger charge is 2.32. The SMILES string of the molecule is C=CNC(=C)CCN(C)c1nn(C)c2c(F)c(C3CCN(CC4CCN(C(=C)C5CCCCN5C)CC4)CC3)c(F)cc12. The van der Waals surface area contributed by atoms with E-state index in [9.17, 15) is 0 Å². The molecule has 1 unspecified atom stereocenters. The Hall–Kier alpha value is -2.91. The molecule has 9 heteroatoms. The average Bonchev–Trinajstić information content (AvgIpc) is 3.33. The second-order valence-corrected chi connectivity index (χ2v) is 13.0. The normalized spacial score (nSPS) is 21.3. The quantitative estimate of drug-likeness (QED) is 0.354. The molecule has 0 bridgehead atoms. The molecule has 0 saturated carbocycles. The molecule has 1 N–H and O–H groups in total. The first kappa shape index (κ1) is 31.5. The zero-order chi connectivity index (χ0) is 30.7. The molecule has 3 saturated heterocycles. The molecule has 0 amide bonds. The van der Waals surface area contributed by atoms with Crippen LogP contribution < -0.4 is 10.2 Å². The van der Waals surface area contributed by atoms with Crippen LogP contribution in [0.5, 0.6) is 0 Å². The average molecular weight is 596 g/mol. The van der Waals surface area contributed by atoms with Crippen LogP contribution in [0.15, 0.2) is 43.4 Å². The number of aryl methyl sites for hydroxylation is 1. The highest BCUT2D eigenvalue weighted by atomic mass is 19.1. The van der Waals surface area contributed by atoms with Gasteiger partial charge in [0.25, 0.3) is 0 Å². The first-order valence-corrected chi connectivity index (χ1v) is 16.1. The van der Waals surface area contributed by atoms with Crippen LogP contribution in [-0.2, 0) is 7.05 Å². The van der Waals surface area contributed by atoms with Crippen LogP contribution in [0.3, 0.4) is 0 Å². The van der Waals surface area contributed by atoms with E-state index in [2.05, 4.69) is 51.9 Å². The third-order valence-electron chi connectivity index (χ3n) is 10.1. The molecule has 43 heavy (non-hydrogen) atoms. The minimum Gasteiger partial charge on any atom is -0.374 e. The molecule has 5 rings (SSSR count). The van der Waals surface area contributed by atoms with Gasteiger partial charge in [-0.3, -0.25) is 9.58 Å². The van der Waals surface area contributed by atoms with E-state index in [1.807, 2.05) is 11.9 Å². The summed E-state index contributed by atoms with van der Waals surface area (Å²) in [5.41, 5.74) is 2.73. The summed E-state index contributed by atoms with van der Waals surface area (Å²) in [5.74, 6) is 0.201. The number of hydrogen-bond donors (Lipinski definition) is 1. The van der Waals surface area contributed by atoms with Crippen LogP contribution in [0.4, 0.5) is 14.6 Å². The Balaban J connectivity index is 1.16. The van der Waals surface area contributed by atoms with Crippen LogP contribution >= 0.6 is 0 Å². The van der Waals surface area contributed by atoms with Gasteiger partial charge in [-0.2, -0.15) is 5.10 Å². The zero-order valence-corrected chi connectivity index (χ0v) is 26.6. The summed E-state index contributed by atoms with van der Waals surface area (Å²) in [6.07, 6.45) is 9.98. The fourth-order valence-electron chi connectivity index (χ4n) is 7.52. The molecule has 1 aromatic heterocycles. The largest absolute Gasteiger partial charge is 0.374 e. The number of aromatic nitrogens is 2. The number of nitrogens with zero attached hydrogens (tertiary/aromatic N) is 6. The van der Waals surface area contributed by atoms with E-state index in [1.54, 1.807) is 17.9 Å². The molecule has 7 nitrogen and oxygen atoms in total. The van der Waals surface area contributed by atoms with E-state index in [-0.39, 0.29) is 11.5 Å². The summed E-state index contributed by atoms with van der Waals surface area (Å²) in [7, 11) is 5.86. The predicted octanol–water partition coefficient (Wildman–Crippen LogP) is 5.81. The molecule has 1 aromatic carbocycles. The van der Waals surface area contributed by atoms with E-state index >= 15 is 8.78 Å². The molecule has 1 atom stereocenters. The van der Waals surface area contributed by atoms with Crippen LogP contribution in [0.2, 0.25) is 0 Å². The lowest BCUT2D eigenvalue weighted by molar-refractivity contribution is 0.121. The molecule has 3 fully saturated rings. The highest BCUT2D eigenvalue weighted by Crippen LogP contribution is 2.38. The van der Waals surface area contributed by atoms with Crippen LogP contribution in [-0.4, -0.2) is 90.4 Å². The topological polar surface area (TPSA) is 42.8 Å². The number of piperidine rings is 3. The van der Waals surface area contributed by atoms with Crippen molar-refractivity contribution in [2.45, 2.75) is 63.3 Å². The summed E-state index contributed by atoms with van der Waals surface area (Å²) in [5, 5.41) is 8.07. The van der Waals surface area contributed by atoms with Crippen molar-refractivity contribution in [2.75, 3.05) is 64.8 Å². The van der Waals surface area contributed by atoms with Gasteiger partial charge in [0.1, 0.15) is 11.3 Å². The Morgan fingerprint density at radius 1 is 1.05 bits per heavy atom. The molecular weight excluding hydrogens is 544 g/mol. The van der Waals surface area contributed by atoms with Gasteiger partial charge in [0.05, 0.1) is 5.39 Å². The number of fused-ring (bicyclic) bond motifs is 1. The van der Waals surface area contributed by atoms with Gasteiger partial charge in [0.2, 0.25) is 0 Å². The maximum Gasteiger partial charge on any atom is 0.158 e. The Morgan fingerprint density at radius 3 is 2.44 bits per heavy atom. The fourth-order valence-corrected chi connectivity index (χ4v) is 7.52. The van der Waals surface area contributed by atoms with Crippen molar-refractivity contribution in [1.29, 1.82) is 0 Å². The van der Waals surface area contributed by atoms with Crippen molar-refractivity contribution in [3.05, 3.63) is 60.6 Å². The minimum atomic E-state index is -0.461. The van der Waals surface area contributed by atoms with E-state index in [0.717, 1.165) is 51.3 Å². The van der Waals surface area contributed by atoms with Crippen molar-refractivity contribution in [3.8, 4) is 0 Å². The van der Waals surface area contributed by atoms with Gasteiger partial charge in [-0.05, 0) is 89.3 Å². The summed E-state index contributed by atoms with van der Waals surface area (Å²) in [4.78, 5) is 9.43. The number of likely N-dealkylation sites (tertiary alicyclic amines) is 3. The van der Waals surface area contributed by atoms with Crippen molar-refractivity contribution in [1.82, 2.24) is 29.8 Å². The highest BCUT2D eigenvalue weighted by molar-refractivity contribution is 5.91. The summed E-state index contributed by atoms with van der Waals surface area (Å²) in [6, 6.07) is 1.98. The van der Waals surface area contributed by atoms with E-state index in [1.165, 1.54) is 50.4 Å². The molecular formula is C34H51F2N7. The summed E-state index contributed by atoms with van der Waals surface area (Å²) in [6.45, 7) is 18.9. The molecule has 0 aliphatic carbocycles. The molecule has 2 aromatic rings. The Bertz CT molecular complexity index is 1300. The number of hydrogen-bond acceptors (Lipinski definition) is 6. The van der Waals surface area contributed by atoms with Gasteiger partial charge >= 0.3 is 0 Å². The predicted molar refractivity (Wildman–Crippen MR) is 173 cm³/mol. The lowest BCUT2D eigenvalue weighted by Crippen LogP contribution is -2.46. The van der Waals surface area contributed by atoms with Gasteiger partial charge in [0.15, 0.2) is 11.6 Å². The van der Waals surface area contributed by atoms with Gasteiger partial charge in [-0.1, -0.05) is 26.2 Å². The Labute approximate surface area is 256 Å². The summed E-state index contributed by atoms with van der Waals surface area (Å²) < 4.78 is 33.2. The maximum atomic E-state index is 16.0. The second-order valence-electron chi connectivity index (χ2n) is 13.0. The number of rotatable bonds is 11. The van der Waals surface area contributed by atoms with Gasteiger partial charge < -0.3 is 20.0 Å². The van der Waals surface area contributed by atoms with E-state index in [4.69, 9.17) is 0 Å².